The molecule has 0 fully saturated rings. The number of carbonyl (C=O) groups excluding carboxylic acids is 2. The van der Waals surface area contributed by atoms with Crippen LogP contribution in [0.25, 0.3) is 0 Å². The zero-order chi connectivity index (χ0) is 16.7. The number of carbonyl (C=O) groups is 2. The van der Waals surface area contributed by atoms with E-state index >= 15 is 0 Å². The van der Waals surface area contributed by atoms with Gasteiger partial charge in [-0.05, 0) is 48.6 Å². The largest absolute Gasteiger partial charge is 0.354 e. The summed E-state index contributed by atoms with van der Waals surface area (Å²) >= 11 is 3.16. The Hall–Kier alpha value is -1.79. The molecule has 2 aromatic rings. The summed E-state index contributed by atoms with van der Waals surface area (Å²) in [7, 11) is 0. The topological polar surface area (TPSA) is 58.2 Å². The molecule has 0 aliphatic rings. The lowest BCUT2D eigenvalue weighted by Crippen LogP contribution is -2.37. The Labute approximate surface area is 144 Å². The van der Waals surface area contributed by atoms with E-state index in [2.05, 4.69) is 42.7 Å². The van der Waals surface area contributed by atoms with Gasteiger partial charge in [0.15, 0.2) is 0 Å². The number of rotatable bonds is 7. The van der Waals surface area contributed by atoms with Crippen molar-refractivity contribution < 1.29 is 9.59 Å². The van der Waals surface area contributed by atoms with Crippen LogP contribution in [0.1, 0.15) is 21.5 Å². The predicted octanol–water partition coefficient (Wildman–Crippen LogP) is 3.00. The zero-order valence-corrected chi connectivity index (χ0v) is 14.9. The standard InChI is InChI=1S/C17H20N2O2S2/c1-12-3-4-15(9-13(12)2)23-8-6-18-16(20)10-19-17(21)14-5-7-22-11-14/h3-5,7,9,11H,6,8,10H2,1-2H3,(H,18,20)(H,19,21). The molecule has 2 amide bonds. The number of nitrogens with one attached hydrogen (secondary N) is 2. The fourth-order valence-corrected chi connectivity index (χ4v) is 3.38. The maximum absolute atomic E-state index is 11.7. The molecule has 0 radical (unpaired) electrons. The summed E-state index contributed by atoms with van der Waals surface area (Å²) in [5.74, 6) is 0.410. The van der Waals surface area contributed by atoms with Gasteiger partial charge in [-0.3, -0.25) is 9.59 Å². The van der Waals surface area contributed by atoms with Crippen LogP contribution in [-0.4, -0.2) is 30.7 Å². The number of thiophene rings is 1. The van der Waals surface area contributed by atoms with Crippen LogP contribution in [0.5, 0.6) is 0 Å². The molecule has 0 spiro atoms. The predicted molar refractivity (Wildman–Crippen MR) is 96.3 cm³/mol. The Morgan fingerprint density at radius 3 is 2.65 bits per heavy atom. The average Bonchev–Trinajstić information content (AvgIpc) is 3.07. The minimum atomic E-state index is -0.217. The minimum Gasteiger partial charge on any atom is -0.354 e. The van der Waals surface area contributed by atoms with Crippen LogP contribution in [0.15, 0.2) is 39.9 Å². The Bertz CT molecular complexity index is 669. The smallest absolute Gasteiger partial charge is 0.252 e. The maximum Gasteiger partial charge on any atom is 0.252 e. The van der Waals surface area contributed by atoms with Gasteiger partial charge in [0.25, 0.3) is 5.91 Å². The molecule has 0 unspecified atom stereocenters. The molecule has 0 saturated carbocycles. The van der Waals surface area contributed by atoms with Crippen LogP contribution in [0, 0.1) is 13.8 Å². The number of hydrogen-bond donors (Lipinski definition) is 2. The third kappa shape index (κ3) is 5.73. The molecule has 0 aliphatic carbocycles. The SMILES string of the molecule is Cc1ccc(SCCNC(=O)CNC(=O)c2ccsc2)cc1C. The third-order valence-corrected chi connectivity index (χ3v) is 5.04. The normalized spacial score (nSPS) is 10.3. The van der Waals surface area contributed by atoms with Crippen molar-refractivity contribution in [3.8, 4) is 0 Å². The second-order valence-corrected chi connectivity index (χ2v) is 7.09. The van der Waals surface area contributed by atoms with Gasteiger partial charge in [-0.25, -0.2) is 0 Å². The molecular formula is C17H20N2O2S2. The Kier molecular flexibility index (Phi) is 6.67. The van der Waals surface area contributed by atoms with Crippen LogP contribution in [0.3, 0.4) is 0 Å². The number of thioether (sulfide) groups is 1. The molecule has 2 rings (SSSR count). The van der Waals surface area contributed by atoms with Gasteiger partial charge in [0, 0.05) is 28.1 Å². The quantitative estimate of drug-likeness (QED) is 0.597. The fourth-order valence-electron chi connectivity index (χ4n) is 1.88. The van der Waals surface area contributed by atoms with Gasteiger partial charge in [0.05, 0.1) is 6.54 Å². The van der Waals surface area contributed by atoms with Crippen molar-refractivity contribution in [1.29, 1.82) is 0 Å². The second kappa shape index (κ2) is 8.74. The third-order valence-electron chi connectivity index (χ3n) is 3.36. The number of benzene rings is 1. The van der Waals surface area contributed by atoms with Crippen LogP contribution in [-0.2, 0) is 4.79 Å². The van der Waals surface area contributed by atoms with E-state index in [9.17, 15) is 9.59 Å². The Balaban J connectivity index is 1.63. The van der Waals surface area contributed by atoms with E-state index in [4.69, 9.17) is 0 Å². The van der Waals surface area contributed by atoms with Crippen LogP contribution < -0.4 is 10.6 Å². The molecule has 23 heavy (non-hydrogen) atoms. The molecule has 0 saturated heterocycles. The van der Waals surface area contributed by atoms with Gasteiger partial charge < -0.3 is 10.6 Å². The lowest BCUT2D eigenvalue weighted by Gasteiger charge is -2.07. The van der Waals surface area contributed by atoms with Crippen molar-refractivity contribution in [2.75, 3.05) is 18.8 Å². The first-order valence-electron chi connectivity index (χ1n) is 7.33. The molecule has 122 valence electrons. The summed E-state index contributed by atoms with van der Waals surface area (Å²) in [6.07, 6.45) is 0. The molecule has 2 N–H and O–H groups in total. The first-order chi connectivity index (χ1) is 11.1. The second-order valence-electron chi connectivity index (χ2n) is 5.14. The van der Waals surface area contributed by atoms with E-state index < -0.39 is 0 Å². The van der Waals surface area contributed by atoms with E-state index in [1.54, 1.807) is 23.2 Å². The van der Waals surface area contributed by atoms with E-state index in [0.29, 0.717) is 12.1 Å². The molecular weight excluding hydrogens is 328 g/mol. The summed E-state index contributed by atoms with van der Waals surface area (Å²) < 4.78 is 0. The van der Waals surface area contributed by atoms with Gasteiger partial charge in [-0.15, -0.1) is 11.8 Å². The molecule has 1 aromatic heterocycles. The summed E-state index contributed by atoms with van der Waals surface area (Å²) in [5.41, 5.74) is 3.15. The molecule has 0 atom stereocenters. The zero-order valence-electron chi connectivity index (χ0n) is 13.2. The van der Waals surface area contributed by atoms with E-state index in [-0.39, 0.29) is 18.4 Å². The molecule has 1 aromatic carbocycles. The minimum absolute atomic E-state index is 0.00296. The van der Waals surface area contributed by atoms with Crippen molar-refractivity contribution >= 4 is 34.9 Å². The molecule has 1 heterocycles. The first kappa shape index (κ1) is 17.6. The van der Waals surface area contributed by atoms with Gasteiger partial charge in [0.1, 0.15) is 0 Å². The molecule has 0 aliphatic heterocycles. The van der Waals surface area contributed by atoms with Crippen LogP contribution in [0.2, 0.25) is 0 Å². The van der Waals surface area contributed by atoms with E-state index in [1.807, 2.05) is 5.38 Å². The van der Waals surface area contributed by atoms with Crippen molar-refractivity contribution in [3.63, 3.8) is 0 Å². The Morgan fingerprint density at radius 1 is 1.13 bits per heavy atom. The van der Waals surface area contributed by atoms with Gasteiger partial charge in [-0.2, -0.15) is 11.3 Å². The highest BCUT2D eigenvalue weighted by Gasteiger charge is 2.07. The maximum atomic E-state index is 11.7. The summed E-state index contributed by atoms with van der Waals surface area (Å²) in [4.78, 5) is 24.6. The van der Waals surface area contributed by atoms with Gasteiger partial charge in [-0.1, -0.05) is 6.07 Å². The molecule has 0 bridgehead atoms. The summed E-state index contributed by atoms with van der Waals surface area (Å²) in [5, 5.41) is 9.00. The average molecular weight is 348 g/mol. The van der Waals surface area contributed by atoms with Crippen molar-refractivity contribution in [2.24, 2.45) is 0 Å². The number of amides is 2. The highest BCUT2D eigenvalue weighted by Crippen LogP contribution is 2.20. The van der Waals surface area contributed by atoms with Gasteiger partial charge in [0.2, 0.25) is 5.91 Å². The monoisotopic (exact) mass is 348 g/mol. The first-order valence-corrected chi connectivity index (χ1v) is 9.26. The fraction of sp³-hybridized carbons (Fsp3) is 0.294. The summed E-state index contributed by atoms with van der Waals surface area (Å²) in [6, 6.07) is 8.09. The van der Waals surface area contributed by atoms with Crippen molar-refractivity contribution in [3.05, 3.63) is 51.7 Å². The van der Waals surface area contributed by atoms with Crippen molar-refractivity contribution in [1.82, 2.24) is 10.6 Å². The number of aryl methyl sites for hydroxylation is 2. The molecule has 6 heteroatoms. The van der Waals surface area contributed by atoms with Crippen molar-refractivity contribution in [2.45, 2.75) is 18.7 Å². The number of hydrogen-bond acceptors (Lipinski definition) is 4. The molecule has 4 nitrogen and oxygen atoms in total. The highest BCUT2D eigenvalue weighted by molar-refractivity contribution is 7.99. The highest BCUT2D eigenvalue weighted by atomic mass is 32.2. The lowest BCUT2D eigenvalue weighted by atomic mass is 10.1. The van der Waals surface area contributed by atoms with E-state index in [1.165, 1.54) is 27.4 Å². The van der Waals surface area contributed by atoms with Crippen LogP contribution in [0.4, 0.5) is 0 Å². The van der Waals surface area contributed by atoms with E-state index in [0.717, 1.165) is 5.75 Å². The summed E-state index contributed by atoms with van der Waals surface area (Å²) in [6.45, 7) is 4.76. The van der Waals surface area contributed by atoms with Gasteiger partial charge >= 0.3 is 0 Å². The van der Waals surface area contributed by atoms with Crippen LogP contribution >= 0.6 is 23.1 Å². The lowest BCUT2D eigenvalue weighted by molar-refractivity contribution is -0.120. The Morgan fingerprint density at radius 2 is 1.96 bits per heavy atom.